The lowest BCUT2D eigenvalue weighted by atomic mass is 10.2. The van der Waals surface area contributed by atoms with Crippen LogP contribution in [0.4, 0.5) is 0 Å². The van der Waals surface area contributed by atoms with Crippen LogP contribution in [0.25, 0.3) is 0 Å². The minimum atomic E-state index is -0.487. The Morgan fingerprint density at radius 3 is 2.93 bits per heavy atom. The minimum Gasteiger partial charge on any atom is -0.347 e. The summed E-state index contributed by atoms with van der Waals surface area (Å²) in [6, 6.07) is -0.567. The predicted molar refractivity (Wildman–Crippen MR) is 53.4 cm³/mol. The van der Waals surface area contributed by atoms with E-state index >= 15 is 0 Å². The molecule has 1 aromatic heterocycles. The summed E-state index contributed by atoms with van der Waals surface area (Å²) in [7, 11) is 0. The van der Waals surface area contributed by atoms with E-state index in [9.17, 15) is 4.79 Å². The highest BCUT2D eigenvalue weighted by Crippen LogP contribution is 2.10. The van der Waals surface area contributed by atoms with Crippen LogP contribution in [-0.2, 0) is 4.79 Å². The van der Waals surface area contributed by atoms with Crippen LogP contribution in [0.3, 0.4) is 0 Å². The zero-order chi connectivity index (χ0) is 10.6. The molecule has 0 saturated heterocycles. The average molecular weight is 196 g/mol. The third kappa shape index (κ3) is 2.56. The van der Waals surface area contributed by atoms with Crippen molar-refractivity contribution in [2.24, 2.45) is 5.73 Å². The van der Waals surface area contributed by atoms with Gasteiger partial charge in [0.2, 0.25) is 5.91 Å². The van der Waals surface area contributed by atoms with Crippen molar-refractivity contribution in [1.82, 2.24) is 15.3 Å². The maximum absolute atomic E-state index is 11.3. The van der Waals surface area contributed by atoms with Gasteiger partial charge in [-0.2, -0.15) is 0 Å². The third-order valence-corrected chi connectivity index (χ3v) is 1.99. The van der Waals surface area contributed by atoms with Gasteiger partial charge in [0.25, 0.3) is 0 Å². The standard InChI is InChI=1S/C9H16N4O/c1-3-7(8-11-4-5-12-8)13-9(14)6(2)10/h4-7H,3,10H2,1-2H3,(H,11,12)(H,13,14)/t6-,7?/m0/s1. The van der Waals surface area contributed by atoms with Gasteiger partial charge in [0, 0.05) is 12.4 Å². The molecule has 1 heterocycles. The number of nitrogens with one attached hydrogen (secondary N) is 2. The smallest absolute Gasteiger partial charge is 0.237 e. The molecule has 0 spiro atoms. The van der Waals surface area contributed by atoms with Gasteiger partial charge in [-0.3, -0.25) is 4.79 Å². The number of amides is 1. The SMILES string of the molecule is CCC(NC(=O)[C@H](C)N)c1ncc[nH]1. The molecule has 78 valence electrons. The lowest BCUT2D eigenvalue weighted by Crippen LogP contribution is -2.40. The van der Waals surface area contributed by atoms with Crippen molar-refractivity contribution in [2.45, 2.75) is 32.4 Å². The topological polar surface area (TPSA) is 83.8 Å². The van der Waals surface area contributed by atoms with E-state index in [0.29, 0.717) is 0 Å². The lowest BCUT2D eigenvalue weighted by Gasteiger charge is -2.15. The summed E-state index contributed by atoms with van der Waals surface area (Å²) in [6.07, 6.45) is 4.18. The predicted octanol–water partition coefficient (Wildman–Crippen LogP) is 0.324. The number of nitrogens with zero attached hydrogens (tertiary/aromatic N) is 1. The van der Waals surface area contributed by atoms with Gasteiger partial charge in [0.15, 0.2) is 0 Å². The number of aromatic nitrogens is 2. The van der Waals surface area contributed by atoms with E-state index in [1.54, 1.807) is 19.3 Å². The Kier molecular flexibility index (Phi) is 3.64. The maximum atomic E-state index is 11.3. The third-order valence-electron chi connectivity index (χ3n) is 1.99. The van der Waals surface area contributed by atoms with E-state index in [-0.39, 0.29) is 11.9 Å². The fraction of sp³-hybridized carbons (Fsp3) is 0.556. The van der Waals surface area contributed by atoms with E-state index in [2.05, 4.69) is 15.3 Å². The van der Waals surface area contributed by atoms with Crippen LogP contribution in [0.15, 0.2) is 12.4 Å². The monoisotopic (exact) mass is 196 g/mol. The van der Waals surface area contributed by atoms with Gasteiger partial charge in [0.1, 0.15) is 5.82 Å². The number of nitrogens with two attached hydrogens (primary N) is 1. The van der Waals surface area contributed by atoms with E-state index in [4.69, 9.17) is 5.73 Å². The number of hydrogen-bond acceptors (Lipinski definition) is 3. The Hall–Kier alpha value is -1.36. The fourth-order valence-electron chi connectivity index (χ4n) is 1.13. The largest absolute Gasteiger partial charge is 0.347 e. The van der Waals surface area contributed by atoms with E-state index < -0.39 is 6.04 Å². The number of aromatic amines is 1. The van der Waals surface area contributed by atoms with Crippen LogP contribution in [0.1, 0.15) is 32.1 Å². The molecule has 1 rings (SSSR count). The molecule has 1 unspecified atom stereocenters. The van der Waals surface area contributed by atoms with Crippen molar-refractivity contribution in [3.05, 3.63) is 18.2 Å². The molecule has 4 N–H and O–H groups in total. The number of rotatable bonds is 4. The van der Waals surface area contributed by atoms with Crippen molar-refractivity contribution in [1.29, 1.82) is 0 Å². The fourth-order valence-corrected chi connectivity index (χ4v) is 1.13. The summed E-state index contributed by atoms with van der Waals surface area (Å²) < 4.78 is 0. The minimum absolute atomic E-state index is 0.0801. The van der Waals surface area contributed by atoms with Gasteiger partial charge >= 0.3 is 0 Å². The number of imidazole rings is 1. The summed E-state index contributed by atoms with van der Waals surface area (Å²) in [5, 5.41) is 2.81. The molecule has 0 aromatic carbocycles. The van der Waals surface area contributed by atoms with E-state index in [1.807, 2.05) is 6.92 Å². The molecule has 5 heteroatoms. The molecule has 14 heavy (non-hydrogen) atoms. The highest BCUT2D eigenvalue weighted by Gasteiger charge is 2.16. The molecule has 0 fully saturated rings. The molecule has 2 atom stereocenters. The maximum Gasteiger partial charge on any atom is 0.237 e. The van der Waals surface area contributed by atoms with Crippen LogP contribution in [-0.4, -0.2) is 21.9 Å². The van der Waals surface area contributed by atoms with Crippen LogP contribution >= 0.6 is 0 Å². The molecule has 5 nitrogen and oxygen atoms in total. The first-order valence-electron chi connectivity index (χ1n) is 4.70. The van der Waals surface area contributed by atoms with Crippen molar-refractivity contribution in [3.63, 3.8) is 0 Å². The average Bonchev–Trinajstić information content (AvgIpc) is 2.66. The number of carbonyl (C=O) groups excluding carboxylic acids is 1. The summed E-state index contributed by atoms with van der Waals surface area (Å²) in [5.41, 5.74) is 5.45. The van der Waals surface area contributed by atoms with Gasteiger partial charge in [-0.05, 0) is 13.3 Å². The number of carbonyl (C=O) groups is 1. The molecule has 0 radical (unpaired) electrons. The summed E-state index contributed by atoms with van der Waals surface area (Å²) in [6.45, 7) is 3.64. The molecular weight excluding hydrogens is 180 g/mol. The molecule has 0 aliphatic rings. The second kappa shape index (κ2) is 4.76. The van der Waals surface area contributed by atoms with Gasteiger partial charge in [0.05, 0.1) is 12.1 Å². The van der Waals surface area contributed by atoms with Gasteiger partial charge in [-0.25, -0.2) is 4.98 Å². The Balaban J connectivity index is 2.61. The van der Waals surface area contributed by atoms with E-state index in [0.717, 1.165) is 12.2 Å². The molecule has 0 saturated carbocycles. The summed E-state index contributed by atoms with van der Waals surface area (Å²) >= 11 is 0. The van der Waals surface area contributed by atoms with Crippen molar-refractivity contribution in [3.8, 4) is 0 Å². The molecular formula is C9H16N4O. The number of H-pyrrole nitrogens is 1. The summed E-state index contributed by atoms with van der Waals surface area (Å²) in [4.78, 5) is 18.4. The zero-order valence-electron chi connectivity index (χ0n) is 8.45. The first kappa shape index (κ1) is 10.7. The molecule has 0 aliphatic carbocycles. The second-order valence-electron chi connectivity index (χ2n) is 3.23. The van der Waals surface area contributed by atoms with E-state index in [1.165, 1.54) is 0 Å². The van der Waals surface area contributed by atoms with Crippen LogP contribution in [0.5, 0.6) is 0 Å². The quantitative estimate of drug-likeness (QED) is 0.648. The van der Waals surface area contributed by atoms with Crippen molar-refractivity contribution >= 4 is 5.91 Å². The number of hydrogen-bond donors (Lipinski definition) is 3. The molecule has 1 aromatic rings. The van der Waals surface area contributed by atoms with Crippen LogP contribution in [0, 0.1) is 0 Å². The van der Waals surface area contributed by atoms with Gasteiger partial charge in [-0.1, -0.05) is 6.92 Å². The van der Waals surface area contributed by atoms with Gasteiger partial charge in [-0.15, -0.1) is 0 Å². The van der Waals surface area contributed by atoms with Gasteiger partial charge < -0.3 is 16.0 Å². The molecule has 0 bridgehead atoms. The zero-order valence-corrected chi connectivity index (χ0v) is 8.45. The van der Waals surface area contributed by atoms with Crippen molar-refractivity contribution < 1.29 is 4.79 Å². The molecule has 1 amide bonds. The Labute approximate surface area is 83.1 Å². The first-order valence-corrected chi connectivity index (χ1v) is 4.70. The second-order valence-corrected chi connectivity index (χ2v) is 3.23. The Bertz CT molecular complexity index is 281. The Morgan fingerprint density at radius 1 is 1.79 bits per heavy atom. The lowest BCUT2D eigenvalue weighted by molar-refractivity contribution is -0.122. The van der Waals surface area contributed by atoms with Crippen LogP contribution in [0.2, 0.25) is 0 Å². The molecule has 0 aliphatic heterocycles. The first-order chi connectivity index (χ1) is 6.65. The highest BCUT2D eigenvalue weighted by atomic mass is 16.2. The Morgan fingerprint density at radius 2 is 2.50 bits per heavy atom. The summed E-state index contributed by atoms with van der Waals surface area (Å²) in [5.74, 6) is 0.606. The van der Waals surface area contributed by atoms with Crippen molar-refractivity contribution in [2.75, 3.05) is 0 Å². The normalized spacial score (nSPS) is 14.8. The highest BCUT2D eigenvalue weighted by molar-refractivity contribution is 5.81. The van der Waals surface area contributed by atoms with Crippen LogP contribution < -0.4 is 11.1 Å².